The van der Waals surface area contributed by atoms with Crippen LogP contribution in [0.15, 0.2) is 12.4 Å². The second-order valence-electron chi connectivity index (χ2n) is 6.23. The van der Waals surface area contributed by atoms with Crippen molar-refractivity contribution in [2.24, 2.45) is 5.92 Å². The molecular formula is C17H31N3O. The lowest BCUT2D eigenvalue weighted by atomic mass is 9.82. The summed E-state index contributed by atoms with van der Waals surface area (Å²) in [4.78, 5) is 4.55. The zero-order valence-corrected chi connectivity index (χ0v) is 13.8. The first-order valence-corrected chi connectivity index (χ1v) is 8.50. The maximum atomic E-state index is 5.89. The molecule has 2 atom stereocenters. The number of methoxy groups -OCH3 is 1. The van der Waals surface area contributed by atoms with E-state index in [4.69, 9.17) is 4.74 Å². The summed E-state index contributed by atoms with van der Waals surface area (Å²) >= 11 is 0. The van der Waals surface area contributed by atoms with Crippen LogP contribution in [-0.4, -0.2) is 35.9 Å². The number of aromatic nitrogens is 2. The van der Waals surface area contributed by atoms with E-state index in [0.717, 1.165) is 19.4 Å². The Morgan fingerprint density at radius 2 is 2.14 bits per heavy atom. The molecule has 1 aromatic heterocycles. The average molecular weight is 293 g/mol. The maximum Gasteiger partial charge on any atom is 0.110 e. The standard InChI is InChI=1S/C17H31N3O/c1-4-11-20-12-10-19-16(20)13-15(18-2)17(21-3)14-8-6-5-7-9-14/h10,12,14-15,17-18H,4-9,11,13H2,1-3H3. The Kier molecular flexibility index (Phi) is 6.71. The third-order valence-electron chi connectivity index (χ3n) is 4.82. The predicted octanol–water partition coefficient (Wildman–Crippen LogP) is 3.02. The quantitative estimate of drug-likeness (QED) is 0.801. The molecule has 2 unspecified atom stereocenters. The number of likely N-dealkylation sites (N-methyl/N-ethyl adjacent to an activating group) is 1. The molecule has 0 aromatic carbocycles. The Labute approximate surface area is 129 Å². The van der Waals surface area contributed by atoms with Crippen molar-refractivity contribution < 1.29 is 4.74 Å². The van der Waals surface area contributed by atoms with Gasteiger partial charge in [0, 0.05) is 38.5 Å². The number of aryl methyl sites for hydroxylation is 1. The van der Waals surface area contributed by atoms with Gasteiger partial charge in [-0.15, -0.1) is 0 Å². The Morgan fingerprint density at radius 1 is 1.38 bits per heavy atom. The Morgan fingerprint density at radius 3 is 2.76 bits per heavy atom. The lowest BCUT2D eigenvalue weighted by Crippen LogP contribution is -2.46. The van der Waals surface area contributed by atoms with Crippen LogP contribution >= 0.6 is 0 Å². The van der Waals surface area contributed by atoms with Crippen LogP contribution in [0.5, 0.6) is 0 Å². The van der Waals surface area contributed by atoms with Crippen molar-refractivity contribution >= 4 is 0 Å². The molecule has 1 heterocycles. The van der Waals surface area contributed by atoms with Crippen LogP contribution in [0.4, 0.5) is 0 Å². The van der Waals surface area contributed by atoms with Gasteiger partial charge in [0.15, 0.2) is 0 Å². The van der Waals surface area contributed by atoms with Crippen LogP contribution in [0.3, 0.4) is 0 Å². The van der Waals surface area contributed by atoms with Crippen molar-refractivity contribution in [1.82, 2.24) is 14.9 Å². The summed E-state index contributed by atoms with van der Waals surface area (Å²) in [5.41, 5.74) is 0. The number of imidazole rings is 1. The van der Waals surface area contributed by atoms with E-state index < -0.39 is 0 Å². The molecule has 1 saturated carbocycles. The SMILES string of the molecule is CCCn1ccnc1CC(NC)C(OC)C1CCCCC1. The van der Waals surface area contributed by atoms with Crippen molar-refractivity contribution in [2.45, 2.75) is 70.6 Å². The molecule has 4 heteroatoms. The summed E-state index contributed by atoms with van der Waals surface area (Å²) in [6, 6.07) is 0.344. The molecule has 0 radical (unpaired) electrons. The lowest BCUT2D eigenvalue weighted by Gasteiger charge is -2.34. The highest BCUT2D eigenvalue weighted by molar-refractivity contribution is 4.98. The van der Waals surface area contributed by atoms with Gasteiger partial charge >= 0.3 is 0 Å². The van der Waals surface area contributed by atoms with Gasteiger partial charge in [-0.05, 0) is 32.2 Å². The fourth-order valence-corrected chi connectivity index (χ4v) is 3.70. The third kappa shape index (κ3) is 4.30. The van der Waals surface area contributed by atoms with E-state index in [-0.39, 0.29) is 0 Å². The molecule has 120 valence electrons. The minimum Gasteiger partial charge on any atom is -0.380 e. The van der Waals surface area contributed by atoms with E-state index in [0.29, 0.717) is 18.1 Å². The van der Waals surface area contributed by atoms with Gasteiger partial charge in [-0.3, -0.25) is 0 Å². The largest absolute Gasteiger partial charge is 0.380 e. The lowest BCUT2D eigenvalue weighted by molar-refractivity contribution is 0.00951. The van der Waals surface area contributed by atoms with Gasteiger partial charge < -0.3 is 14.6 Å². The number of ether oxygens (including phenoxy) is 1. The Balaban J connectivity index is 2.04. The van der Waals surface area contributed by atoms with Gasteiger partial charge in [-0.1, -0.05) is 26.2 Å². The van der Waals surface area contributed by atoms with Crippen molar-refractivity contribution in [3.8, 4) is 0 Å². The Hall–Kier alpha value is -0.870. The fourth-order valence-electron chi connectivity index (χ4n) is 3.70. The molecule has 1 aliphatic rings. The normalized spacial score (nSPS) is 19.6. The zero-order valence-electron chi connectivity index (χ0n) is 13.8. The van der Waals surface area contributed by atoms with Crippen LogP contribution < -0.4 is 5.32 Å². The maximum absolute atomic E-state index is 5.89. The van der Waals surface area contributed by atoms with Gasteiger partial charge in [-0.2, -0.15) is 0 Å². The first kappa shape index (κ1) is 16.5. The summed E-state index contributed by atoms with van der Waals surface area (Å²) < 4.78 is 8.17. The molecule has 21 heavy (non-hydrogen) atoms. The molecule has 0 bridgehead atoms. The molecule has 0 saturated heterocycles. The van der Waals surface area contributed by atoms with Crippen molar-refractivity contribution in [1.29, 1.82) is 0 Å². The van der Waals surface area contributed by atoms with E-state index in [9.17, 15) is 0 Å². The number of nitrogens with one attached hydrogen (secondary N) is 1. The summed E-state index contributed by atoms with van der Waals surface area (Å²) in [7, 11) is 3.91. The van der Waals surface area contributed by atoms with E-state index in [1.54, 1.807) is 0 Å². The molecular weight excluding hydrogens is 262 g/mol. The van der Waals surface area contributed by atoms with Crippen LogP contribution in [0.1, 0.15) is 51.3 Å². The monoisotopic (exact) mass is 293 g/mol. The molecule has 1 aliphatic carbocycles. The molecule has 1 aromatic rings. The predicted molar refractivity (Wildman–Crippen MR) is 86.4 cm³/mol. The molecule has 0 amide bonds. The van der Waals surface area contributed by atoms with E-state index in [1.807, 2.05) is 20.4 Å². The average Bonchev–Trinajstić information content (AvgIpc) is 2.95. The second-order valence-corrected chi connectivity index (χ2v) is 6.23. The molecule has 1 N–H and O–H groups in total. The fraction of sp³-hybridized carbons (Fsp3) is 0.824. The van der Waals surface area contributed by atoms with Gasteiger partial charge in [0.2, 0.25) is 0 Å². The molecule has 0 spiro atoms. The van der Waals surface area contributed by atoms with Crippen molar-refractivity contribution in [2.75, 3.05) is 14.2 Å². The first-order chi connectivity index (χ1) is 10.3. The smallest absolute Gasteiger partial charge is 0.110 e. The summed E-state index contributed by atoms with van der Waals surface area (Å²) in [5.74, 6) is 1.87. The number of hydrogen-bond acceptors (Lipinski definition) is 3. The van der Waals surface area contributed by atoms with Crippen LogP contribution in [-0.2, 0) is 17.7 Å². The van der Waals surface area contributed by atoms with Gasteiger partial charge in [0.05, 0.1) is 6.10 Å². The van der Waals surface area contributed by atoms with Crippen LogP contribution in [0, 0.1) is 5.92 Å². The number of hydrogen-bond donors (Lipinski definition) is 1. The van der Waals surface area contributed by atoms with E-state index in [2.05, 4.69) is 28.0 Å². The van der Waals surface area contributed by atoms with Crippen molar-refractivity contribution in [3.05, 3.63) is 18.2 Å². The molecule has 4 nitrogen and oxygen atoms in total. The van der Waals surface area contributed by atoms with Gasteiger partial charge in [0.25, 0.3) is 0 Å². The zero-order chi connectivity index (χ0) is 15.1. The highest BCUT2D eigenvalue weighted by Crippen LogP contribution is 2.30. The summed E-state index contributed by atoms with van der Waals surface area (Å²) in [5, 5.41) is 3.48. The summed E-state index contributed by atoms with van der Waals surface area (Å²) in [6.07, 6.45) is 13.1. The highest BCUT2D eigenvalue weighted by atomic mass is 16.5. The number of nitrogens with zero attached hydrogens (tertiary/aromatic N) is 2. The van der Waals surface area contributed by atoms with Gasteiger partial charge in [0.1, 0.15) is 5.82 Å². The summed E-state index contributed by atoms with van der Waals surface area (Å²) in [6.45, 7) is 3.26. The van der Waals surface area contributed by atoms with Crippen molar-refractivity contribution in [3.63, 3.8) is 0 Å². The van der Waals surface area contributed by atoms with Crippen LogP contribution in [0.2, 0.25) is 0 Å². The second kappa shape index (κ2) is 8.54. The molecule has 1 fully saturated rings. The Bertz CT molecular complexity index is 398. The first-order valence-electron chi connectivity index (χ1n) is 8.50. The minimum absolute atomic E-state index is 0.294. The third-order valence-corrected chi connectivity index (χ3v) is 4.82. The number of rotatable bonds is 8. The van der Waals surface area contributed by atoms with E-state index >= 15 is 0 Å². The highest BCUT2D eigenvalue weighted by Gasteiger charge is 2.30. The van der Waals surface area contributed by atoms with Gasteiger partial charge in [-0.25, -0.2) is 4.98 Å². The van der Waals surface area contributed by atoms with E-state index in [1.165, 1.54) is 37.9 Å². The topological polar surface area (TPSA) is 39.1 Å². The molecule has 2 rings (SSSR count). The molecule has 0 aliphatic heterocycles. The van der Waals surface area contributed by atoms with Crippen LogP contribution in [0.25, 0.3) is 0 Å². The minimum atomic E-state index is 0.294.